The van der Waals surface area contributed by atoms with Crippen molar-refractivity contribution in [3.8, 4) is 0 Å². The van der Waals surface area contributed by atoms with E-state index < -0.39 is 29.5 Å². The summed E-state index contributed by atoms with van der Waals surface area (Å²) in [7, 11) is 0. The van der Waals surface area contributed by atoms with E-state index in [9.17, 15) is 24.3 Å². The lowest BCUT2D eigenvalue weighted by Gasteiger charge is -2.20. The molecule has 0 fully saturated rings. The van der Waals surface area contributed by atoms with Gasteiger partial charge in [-0.15, -0.1) is 0 Å². The van der Waals surface area contributed by atoms with E-state index >= 15 is 0 Å². The number of hydrogen-bond donors (Lipinski definition) is 3. The number of carboxylic acid groups (broad SMARTS) is 1. The van der Waals surface area contributed by atoms with Gasteiger partial charge in [-0.05, 0) is 50.2 Å². The van der Waals surface area contributed by atoms with Crippen LogP contribution in [0.5, 0.6) is 0 Å². The van der Waals surface area contributed by atoms with E-state index in [1.54, 1.807) is 13.0 Å². The van der Waals surface area contributed by atoms with E-state index in [-0.39, 0.29) is 25.3 Å². The topological polar surface area (TPSA) is 139 Å². The number of furan rings is 1. The lowest BCUT2D eigenvalue weighted by Crippen LogP contribution is -2.48. The maximum atomic E-state index is 12.7. The summed E-state index contributed by atoms with van der Waals surface area (Å²) in [5.74, 6) is -1.35. The average Bonchev–Trinajstić information content (AvgIpc) is 3.21. The Hall–Kier alpha value is -3.62. The first kappa shape index (κ1) is 25.5. The molecular weight excluding hydrogens is 464 g/mol. The highest BCUT2D eigenvalue weighted by molar-refractivity contribution is 5.97. The molecule has 1 aliphatic carbocycles. The molecule has 4 rings (SSSR count). The fourth-order valence-corrected chi connectivity index (χ4v) is 4.85. The van der Waals surface area contributed by atoms with E-state index in [0.29, 0.717) is 17.6 Å². The van der Waals surface area contributed by atoms with Crippen LogP contribution in [0.4, 0.5) is 0 Å². The minimum atomic E-state index is -1.12. The second kappa shape index (κ2) is 10.6. The quantitative estimate of drug-likeness (QED) is 0.386. The van der Waals surface area contributed by atoms with Crippen molar-refractivity contribution in [2.24, 2.45) is 5.92 Å². The average molecular weight is 497 g/mol. The molecule has 0 saturated carbocycles. The molecule has 0 aliphatic heterocycles. The predicted octanol–water partition coefficient (Wildman–Crippen LogP) is 3.39. The Bertz CT molecular complexity index is 1380. The number of fused-ring (bicyclic) bond motifs is 4. The van der Waals surface area contributed by atoms with Crippen molar-refractivity contribution in [2.45, 2.75) is 71.8 Å². The Morgan fingerprint density at radius 2 is 1.78 bits per heavy atom. The number of hydrogen-bond acceptors (Lipinski definition) is 6. The lowest BCUT2D eigenvalue weighted by atomic mass is 9.94. The van der Waals surface area contributed by atoms with Crippen molar-refractivity contribution in [3.63, 3.8) is 0 Å². The number of nitrogens with one attached hydrogen (secondary N) is 2. The number of amides is 2. The number of carboxylic acids is 1. The van der Waals surface area contributed by atoms with Crippen LogP contribution in [0.2, 0.25) is 0 Å². The minimum Gasteiger partial charge on any atom is -0.480 e. The van der Waals surface area contributed by atoms with Crippen LogP contribution in [0.3, 0.4) is 0 Å². The van der Waals surface area contributed by atoms with Crippen LogP contribution < -0.4 is 16.3 Å². The molecule has 0 spiro atoms. The van der Waals surface area contributed by atoms with Crippen LogP contribution >= 0.6 is 0 Å². The standard InChI is InChI=1S/C27H32N2O7/c1-4-14(2)25(26(32)33)29-24(31)13-28-23(30)10-9-16-15(3)18-11-19-17-7-5-6-8-20(17)35-22(19)12-21(18)36-27(16)34/h11-12,14,25H,4-10,13H2,1-3H3,(H,28,30)(H,29,31)(H,32,33)/t14-,25+/m1/s1. The van der Waals surface area contributed by atoms with Crippen LogP contribution in [0.15, 0.2) is 25.8 Å². The molecule has 1 aromatic carbocycles. The number of benzene rings is 1. The summed E-state index contributed by atoms with van der Waals surface area (Å²) in [4.78, 5) is 48.6. The molecule has 0 saturated heterocycles. The second-order valence-corrected chi connectivity index (χ2v) is 9.59. The molecule has 192 valence electrons. The van der Waals surface area contributed by atoms with Crippen LogP contribution in [-0.4, -0.2) is 35.5 Å². The Kier molecular flexibility index (Phi) is 7.47. The summed E-state index contributed by atoms with van der Waals surface area (Å²) in [6, 6.07) is 2.77. The van der Waals surface area contributed by atoms with Crippen molar-refractivity contribution in [2.75, 3.05) is 6.54 Å². The molecule has 3 aromatic rings. The van der Waals surface area contributed by atoms with Gasteiger partial charge in [-0.3, -0.25) is 9.59 Å². The van der Waals surface area contributed by atoms with Crippen molar-refractivity contribution < 1.29 is 28.3 Å². The number of carbonyl (C=O) groups excluding carboxylic acids is 2. The fourth-order valence-electron chi connectivity index (χ4n) is 4.85. The molecule has 2 aromatic heterocycles. The van der Waals surface area contributed by atoms with Gasteiger partial charge in [-0.1, -0.05) is 20.3 Å². The zero-order valence-corrected chi connectivity index (χ0v) is 20.9. The molecule has 36 heavy (non-hydrogen) atoms. The van der Waals surface area contributed by atoms with Crippen LogP contribution in [0.1, 0.15) is 62.0 Å². The first-order chi connectivity index (χ1) is 17.2. The minimum absolute atomic E-state index is 0.0124. The van der Waals surface area contributed by atoms with E-state index in [1.165, 1.54) is 5.56 Å². The SMILES string of the molecule is CC[C@@H](C)[C@H](NC(=O)CNC(=O)CCc1c(C)c2cc3c4c(oc3cc2oc1=O)CCCC4)C(=O)O. The second-order valence-electron chi connectivity index (χ2n) is 9.59. The summed E-state index contributed by atoms with van der Waals surface area (Å²) >= 11 is 0. The first-order valence-corrected chi connectivity index (χ1v) is 12.5. The molecule has 0 radical (unpaired) electrons. The Morgan fingerprint density at radius 1 is 1.06 bits per heavy atom. The maximum absolute atomic E-state index is 12.7. The molecule has 1 aliphatic rings. The monoisotopic (exact) mass is 496 g/mol. The number of aliphatic carboxylic acids is 1. The maximum Gasteiger partial charge on any atom is 0.339 e. The number of carbonyl (C=O) groups is 3. The molecular formula is C27H32N2O7. The highest BCUT2D eigenvalue weighted by Gasteiger charge is 2.25. The van der Waals surface area contributed by atoms with E-state index in [0.717, 1.165) is 53.4 Å². The highest BCUT2D eigenvalue weighted by Crippen LogP contribution is 2.35. The van der Waals surface area contributed by atoms with Crippen LogP contribution in [-0.2, 0) is 33.6 Å². The molecule has 0 bridgehead atoms. The summed E-state index contributed by atoms with van der Waals surface area (Å²) in [5.41, 5.74) is 3.08. The van der Waals surface area contributed by atoms with Gasteiger partial charge < -0.3 is 24.6 Å². The Balaban J connectivity index is 1.44. The zero-order valence-electron chi connectivity index (χ0n) is 20.9. The van der Waals surface area contributed by atoms with Crippen LogP contribution in [0, 0.1) is 12.8 Å². The Labute approximate surface area is 208 Å². The third kappa shape index (κ3) is 5.15. The third-order valence-corrected chi connectivity index (χ3v) is 7.21. The van der Waals surface area contributed by atoms with Crippen molar-refractivity contribution in [1.82, 2.24) is 10.6 Å². The zero-order chi connectivity index (χ0) is 26.0. The van der Waals surface area contributed by atoms with E-state index in [1.807, 2.05) is 19.9 Å². The number of aryl methyl sites for hydroxylation is 3. The summed E-state index contributed by atoms with van der Waals surface area (Å²) in [6.07, 6.45) is 4.84. The molecule has 2 amide bonds. The Morgan fingerprint density at radius 3 is 2.50 bits per heavy atom. The van der Waals surface area contributed by atoms with Crippen molar-refractivity contribution in [3.05, 3.63) is 45.0 Å². The van der Waals surface area contributed by atoms with Gasteiger partial charge in [0.1, 0.15) is 23.0 Å². The first-order valence-electron chi connectivity index (χ1n) is 12.5. The van der Waals surface area contributed by atoms with Gasteiger partial charge in [0, 0.05) is 40.8 Å². The predicted molar refractivity (Wildman–Crippen MR) is 134 cm³/mol. The largest absolute Gasteiger partial charge is 0.480 e. The molecule has 0 unspecified atom stereocenters. The van der Waals surface area contributed by atoms with Gasteiger partial charge in [-0.25, -0.2) is 9.59 Å². The molecule has 9 nitrogen and oxygen atoms in total. The molecule has 2 heterocycles. The summed E-state index contributed by atoms with van der Waals surface area (Å²) in [6.45, 7) is 5.08. The van der Waals surface area contributed by atoms with Gasteiger partial charge in [0.25, 0.3) is 0 Å². The van der Waals surface area contributed by atoms with Crippen LogP contribution in [0.25, 0.3) is 21.9 Å². The molecule has 9 heteroatoms. The number of rotatable bonds is 9. The summed E-state index contributed by atoms with van der Waals surface area (Å²) in [5, 5.41) is 16.1. The van der Waals surface area contributed by atoms with Crippen molar-refractivity contribution >= 4 is 39.7 Å². The van der Waals surface area contributed by atoms with Crippen molar-refractivity contribution in [1.29, 1.82) is 0 Å². The smallest absolute Gasteiger partial charge is 0.339 e. The molecule has 2 atom stereocenters. The normalized spacial score (nSPS) is 14.9. The van der Waals surface area contributed by atoms with Gasteiger partial charge in [0.15, 0.2) is 0 Å². The highest BCUT2D eigenvalue weighted by atomic mass is 16.4. The van der Waals surface area contributed by atoms with E-state index in [2.05, 4.69) is 10.6 Å². The van der Waals surface area contributed by atoms with Gasteiger partial charge in [0.05, 0.1) is 6.54 Å². The van der Waals surface area contributed by atoms with E-state index in [4.69, 9.17) is 8.83 Å². The van der Waals surface area contributed by atoms with Gasteiger partial charge >= 0.3 is 11.6 Å². The van der Waals surface area contributed by atoms with Gasteiger partial charge in [-0.2, -0.15) is 0 Å². The summed E-state index contributed by atoms with van der Waals surface area (Å²) < 4.78 is 11.6. The lowest BCUT2D eigenvalue weighted by molar-refractivity contribution is -0.143. The third-order valence-electron chi connectivity index (χ3n) is 7.21. The molecule has 3 N–H and O–H groups in total. The van der Waals surface area contributed by atoms with Gasteiger partial charge in [0.2, 0.25) is 11.8 Å². The fraction of sp³-hybridized carbons (Fsp3) is 0.481.